The number of phenols is 1. The molecule has 1 aromatic heterocycles. The number of alkyl halides is 3. The van der Waals surface area contributed by atoms with Crippen LogP contribution in [0.2, 0.25) is 0 Å². The Hall–Kier alpha value is -3.16. The number of carbonyl (C=O) groups excluding carboxylic acids is 1. The third-order valence-electron chi connectivity index (χ3n) is 6.58. The maximum atomic E-state index is 13.4. The van der Waals surface area contributed by atoms with E-state index in [0.29, 0.717) is 35.1 Å². The highest BCUT2D eigenvalue weighted by molar-refractivity contribution is 6.09. The van der Waals surface area contributed by atoms with Crippen LogP contribution in [0.25, 0.3) is 22.0 Å². The average molecular weight is 476 g/mol. The van der Waals surface area contributed by atoms with E-state index in [9.17, 15) is 23.1 Å². The van der Waals surface area contributed by atoms with Gasteiger partial charge in [-0.05, 0) is 68.0 Å². The minimum atomic E-state index is -4.22. The number of carbonyl (C=O) groups is 1. The number of halogens is 3. The highest BCUT2D eigenvalue weighted by atomic mass is 19.4. The zero-order chi connectivity index (χ0) is 24.5. The van der Waals surface area contributed by atoms with E-state index in [1.807, 2.05) is 12.1 Å². The van der Waals surface area contributed by atoms with Crippen LogP contribution < -0.4 is 4.74 Å². The van der Waals surface area contributed by atoms with Crippen LogP contribution in [0.1, 0.15) is 43.1 Å². The minimum Gasteiger partial charge on any atom is -0.508 e. The van der Waals surface area contributed by atoms with E-state index >= 15 is 0 Å². The number of rotatable bonds is 6. The van der Waals surface area contributed by atoms with Crippen LogP contribution in [0.15, 0.2) is 42.5 Å². The fourth-order valence-corrected chi connectivity index (χ4v) is 5.01. The summed E-state index contributed by atoms with van der Waals surface area (Å²) in [5.41, 5.74) is 2.24. The second-order valence-electron chi connectivity index (χ2n) is 8.76. The first kappa shape index (κ1) is 24.0. The number of hydrogen-bond donors (Lipinski definition) is 1. The van der Waals surface area contributed by atoms with E-state index < -0.39 is 18.1 Å². The summed E-state index contributed by atoms with van der Waals surface area (Å²) < 4.78 is 52.7. The Labute approximate surface area is 196 Å². The molecule has 2 atom stereocenters. The highest BCUT2D eigenvalue weighted by Gasteiger charge is 2.42. The van der Waals surface area contributed by atoms with Gasteiger partial charge in [-0.25, -0.2) is 4.79 Å². The Bertz CT molecular complexity index is 1170. The Morgan fingerprint density at radius 1 is 1.15 bits per heavy atom. The first-order valence-electron chi connectivity index (χ1n) is 11.5. The molecule has 0 saturated heterocycles. The smallest absolute Gasteiger partial charge is 0.391 e. The summed E-state index contributed by atoms with van der Waals surface area (Å²) in [6.45, 7) is 2.13. The number of aromatic nitrogens is 1. The van der Waals surface area contributed by atoms with Gasteiger partial charge < -0.3 is 19.1 Å². The fourth-order valence-electron chi connectivity index (χ4n) is 5.01. The number of nitrogens with zero attached hydrogens (tertiary/aromatic N) is 1. The molecular formula is C26H28F3NO4. The zero-order valence-electron chi connectivity index (χ0n) is 19.2. The summed E-state index contributed by atoms with van der Waals surface area (Å²) in [4.78, 5) is 13.2. The van der Waals surface area contributed by atoms with Crippen LogP contribution in [0.4, 0.5) is 13.2 Å². The Morgan fingerprint density at radius 3 is 2.53 bits per heavy atom. The maximum absolute atomic E-state index is 13.4. The second kappa shape index (κ2) is 9.60. The normalized spacial score (nSPS) is 18.7. The zero-order valence-corrected chi connectivity index (χ0v) is 19.2. The van der Waals surface area contributed by atoms with E-state index in [1.165, 1.54) is 6.07 Å². The number of fused-ring (bicyclic) bond motifs is 1. The fraction of sp³-hybridized carbons (Fsp3) is 0.423. The number of benzene rings is 2. The summed E-state index contributed by atoms with van der Waals surface area (Å²) >= 11 is 0. The quantitative estimate of drug-likeness (QED) is 0.410. The molecule has 2 unspecified atom stereocenters. The molecule has 0 amide bonds. The van der Waals surface area contributed by atoms with Crippen LogP contribution in [-0.4, -0.2) is 35.5 Å². The van der Waals surface area contributed by atoms with Gasteiger partial charge in [0.15, 0.2) is 0 Å². The summed E-state index contributed by atoms with van der Waals surface area (Å²) in [6, 6.07) is 12.0. The number of hydrogen-bond acceptors (Lipinski definition) is 4. The lowest BCUT2D eigenvalue weighted by Gasteiger charge is -2.31. The van der Waals surface area contributed by atoms with Crippen LogP contribution in [-0.2, 0) is 11.3 Å². The van der Waals surface area contributed by atoms with Gasteiger partial charge >= 0.3 is 12.1 Å². The van der Waals surface area contributed by atoms with Crippen molar-refractivity contribution in [1.29, 1.82) is 0 Å². The summed E-state index contributed by atoms with van der Waals surface area (Å²) in [5, 5.41) is 10.8. The van der Waals surface area contributed by atoms with Gasteiger partial charge in [-0.3, -0.25) is 0 Å². The molecule has 1 aliphatic rings. The van der Waals surface area contributed by atoms with Crippen LogP contribution in [0, 0.1) is 11.8 Å². The molecule has 1 N–H and O–H groups in total. The molecule has 1 saturated carbocycles. The minimum absolute atomic E-state index is 0.0292. The van der Waals surface area contributed by atoms with Gasteiger partial charge in [0, 0.05) is 23.0 Å². The second-order valence-corrected chi connectivity index (χ2v) is 8.76. The molecule has 182 valence electrons. The highest BCUT2D eigenvalue weighted by Crippen LogP contribution is 2.43. The standard InChI is InChI=1S/C26H28F3NO4/c1-3-34-25(32)24-23(17-7-10-20(33-2)11-8-17)21-14-19(31)9-12-22(21)30(24)15-16-5-4-6-18(13-16)26(27,28)29/h7-12,14,16,18,31H,3-6,13,15H2,1-2H3. The van der Waals surface area contributed by atoms with E-state index in [4.69, 9.17) is 9.47 Å². The molecule has 0 spiro atoms. The topological polar surface area (TPSA) is 60.7 Å². The van der Waals surface area contributed by atoms with Crippen molar-refractivity contribution in [2.75, 3.05) is 13.7 Å². The number of aromatic hydroxyl groups is 1. The lowest BCUT2D eigenvalue weighted by Crippen LogP contribution is -2.30. The SMILES string of the molecule is CCOC(=O)c1c(-c2ccc(OC)cc2)c2cc(O)ccc2n1CC1CCCC(C(F)(F)F)C1. The van der Waals surface area contributed by atoms with Crippen molar-refractivity contribution < 1.29 is 32.5 Å². The first-order chi connectivity index (χ1) is 16.2. The van der Waals surface area contributed by atoms with Crippen molar-refractivity contribution >= 4 is 16.9 Å². The lowest BCUT2D eigenvalue weighted by atomic mass is 9.81. The number of ether oxygens (including phenoxy) is 2. The predicted octanol–water partition coefficient (Wildman–Crippen LogP) is 6.57. The van der Waals surface area contributed by atoms with Crippen LogP contribution in [0.3, 0.4) is 0 Å². The van der Waals surface area contributed by atoms with E-state index in [1.54, 1.807) is 42.9 Å². The third-order valence-corrected chi connectivity index (χ3v) is 6.58. The average Bonchev–Trinajstić information content (AvgIpc) is 3.12. The molecule has 0 aliphatic heterocycles. The first-order valence-corrected chi connectivity index (χ1v) is 11.5. The lowest BCUT2D eigenvalue weighted by molar-refractivity contribution is -0.186. The van der Waals surface area contributed by atoms with Gasteiger partial charge in [0.05, 0.1) is 19.6 Å². The molecule has 8 heteroatoms. The Balaban J connectivity index is 1.86. The van der Waals surface area contributed by atoms with E-state index in [2.05, 4.69) is 0 Å². The van der Waals surface area contributed by atoms with Crippen molar-refractivity contribution in [3.63, 3.8) is 0 Å². The largest absolute Gasteiger partial charge is 0.508 e. The Morgan fingerprint density at radius 2 is 1.88 bits per heavy atom. The molecule has 34 heavy (non-hydrogen) atoms. The number of phenolic OH excluding ortho intramolecular Hbond substituents is 1. The van der Waals surface area contributed by atoms with Crippen molar-refractivity contribution in [2.24, 2.45) is 11.8 Å². The van der Waals surface area contributed by atoms with Gasteiger partial charge in [-0.1, -0.05) is 18.6 Å². The van der Waals surface area contributed by atoms with Gasteiger partial charge in [0.1, 0.15) is 17.2 Å². The molecule has 0 bridgehead atoms. The van der Waals surface area contributed by atoms with Crippen molar-refractivity contribution in [2.45, 2.75) is 45.3 Å². The molecular weight excluding hydrogens is 447 g/mol. The maximum Gasteiger partial charge on any atom is 0.391 e. The van der Waals surface area contributed by atoms with Gasteiger partial charge in [0.25, 0.3) is 0 Å². The molecule has 5 nitrogen and oxygen atoms in total. The molecule has 1 heterocycles. The molecule has 3 aromatic rings. The van der Waals surface area contributed by atoms with Crippen molar-refractivity contribution in [3.05, 3.63) is 48.2 Å². The van der Waals surface area contributed by atoms with Crippen LogP contribution >= 0.6 is 0 Å². The molecule has 2 aromatic carbocycles. The molecule has 1 fully saturated rings. The summed E-state index contributed by atoms with van der Waals surface area (Å²) in [7, 11) is 1.56. The van der Waals surface area contributed by atoms with Gasteiger partial charge in [-0.2, -0.15) is 13.2 Å². The summed E-state index contributed by atoms with van der Waals surface area (Å²) in [5.74, 6) is -1.43. The van der Waals surface area contributed by atoms with Gasteiger partial charge in [-0.15, -0.1) is 0 Å². The number of esters is 1. The third kappa shape index (κ3) is 4.72. The van der Waals surface area contributed by atoms with Crippen molar-refractivity contribution in [1.82, 2.24) is 4.57 Å². The van der Waals surface area contributed by atoms with Gasteiger partial charge in [0.2, 0.25) is 0 Å². The van der Waals surface area contributed by atoms with E-state index in [-0.39, 0.29) is 43.4 Å². The molecule has 0 radical (unpaired) electrons. The summed E-state index contributed by atoms with van der Waals surface area (Å²) in [6.07, 6.45) is -2.90. The predicted molar refractivity (Wildman–Crippen MR) is 123 cm³/mol. The van der Waals surface area contributed by atoms with Crippen molar-refractivity contribution in [3.8, 4) is 22.6 Å². The number of methoxy groups -OCH3 is 1. The molecule has 4 rings (SSSR count). The Kier molecular flexibility index (Phi) is 6.77. The molecule has 1 aliphatic carbocycles. The van der Waals surface area contributed by atoms with Crippen LogP contribution in [0.5, 0.6) is 11.5 Å². The monoisotopic (exact) mass is 475 g/mol. The van der Waals surface area contributed by atoms with E-state index in [0.717, 1.165) is 5.56 Å².